The Kier molecular flexibility index (Phi) is 5.93. The van der Waals surface area contributed by atoms with Crippen LogP contribution in [-0.4, -0.2) is 35.5 Å². The number of rotatable bonds is 7. The maximum absolute atomic E-state index is 13.3. The van der Waals surface area contributed by atoms with E-state index in [1.54, 1.807) is 25.1 Å². The number of aromatic nitrogens is 2. The Labute approximate surface area is 163 Å². The number of thioether (sulfide) groups is 1. The van der Waals surface area contributed by atoms with Gasteiger partial charge in [0.2, 0.25) is 5.89 Å². The van der Waals surface area contributed by atoms with Crippen LogP contribution in [-0.2, 0) is 0 Å². The minimum Gasteiger partial charge on any atom is -0.493 e. The number of carbonyl (C=O) groups excluding carboxylic acids is 1. The first kappa shape index (κ1) is 19.8. The van der Waals surface area contributed by atoms with E-state index >= 15 is 0 Å². The van der Waals surface area contributed by atoms with Crippen molar-refractivity contribution in [1.29, 1.82) is 0 Å². The second-order valence-electron chi connectivity index (χ2n) is 5.70. The van der Waals surface area contributed by atoms with Gasteiger partial charge >= 0.3 is 0 Å². The van der Waals surface area contributed by atoms with Crippen molar-refractivity contribution >= 4 is 17.5 Å². The Bertz CT molecular complexity index is 1010. The molecule has 0 radical (unpaired) electrons. The lowest BCUT2D eigenvalue weighted by Crippen LogP contribution is -2.14. The Balaban J connectivity index is 1.75. The molecular weight excluding hydrogens is 390 g/mol. The largest absolute Gasteiger partial charge is 0.493 e. The first-order valence-corrected chi connectivity index (χ1v) is 9.02. The van der Waals surface area contributed by atoms with E-state index in [1.165, 1.54) is 20.3 Å². The molecule has 28 heavy (non-hydrogen) atoms. The SMILES string of the molecule is COc1ccc(-c2nnc(S[C@H](C)C(=O)c3ccc(F)c(F)c3)o2)cc1OC. The van der Waals surface area contributed by atoms with Gasteiger partial charge in [0.15, 0.2) is 28.9 Å². The average Bonchev–Trinajstić information content (AvgIpc) is 3.17. The van der Waals surface area contributed by atoms with Crippen LogP contribution in [0.2, 0.25) is 0 Å². The van der Waals surface area contributed by atoms with Crippen LogP contribution in [0.1, 0.15) is 17.3 Å². The van der Waals surface area contributed by atoms with Crippen molar-refractivity contribution in [2.45, 2.75) is 17.4 Å². The number of hydrogen-bond donors (Lipinski definition) is 0. The second-order valence-corrected chi connectivity index (χ2v) is 6.99. The van der Waals surface area contributed by atoms with E-state index in [-0.39, 0.29) is 22.5 Å². The number of nitrogens with zero attached hydrogens (tertiary/aromatic N) is 2. The molecule has 0 spiro atoms. The number of ketones is 1. The van der Waals surface area contributed by atoms with Crippen LogP contribution in [0.4, 0.5) is 8.78 Å². The van der Waals surface area contributed by atoms with E-state index < -0.39 is 16.9 Å². The first-order chi connectivity index (χ1) is 13.4. The number of methoxy groups -OCH3 is 2. The Hall–Kier alpha value is -2.94. The van der Waals surface area contributed by atoms with Crippen molar-refractivity contribution in [2.75, 3.05) is 14.2 Å². The Morgan fingerprint density at radius 2 is 1.79 bits per heavy atom. The van der Waals surface area contributed by atoms with Gasteiger partial charge in [-0.15, -0.1) is 10.2 Å². The molecule has 0 saturated carbocycles. The number of hydrogen-bond acceptors (Lipinski definition) is 7. The fourth-order valence-corrected chi connectivity index (χ4v) is 3.19. The highest BCUT2D eigenvalue weighted by Crippen LogP contribution is 2.33. The molecule has 0 unspecified atom stereocenters. The molecule has 0 saturated heterocycles. The minimum absolute atomic E-state index is 0.0681. The van der Waals surface area contributed by atoms with Crippen LogP contribution in [0.3, 0.4) is 0 Å². The van der Waals surface area contributed by atoms with E-state index in [2.05, 4.69) is 10.2 Å². The molecule has 1 aromatic heterocycles. The number of benzene rings is 2. The predicted octanol–water partition coefficient (Wildman–Crippen LogP) is 4.40. The predicted molar refractivity (Wildman–Crippen MR) is 98.8 cm³/mol. The van der Waals surface area contributed by atoms with E-state index in [9.17, 15) is 13.6 Å². The molecule has 9 heteroatoms. The van der Waals surface area contributed by atoms with E-state index in [1.807, 2.05) is 0 Å². The fraction of sp³-hybridized carbons (Fsp3) is 0.211. The summed E-state index contributed by atoms with van der Waals surface area (Å²) in [6.45, 7) is 1.62. The van der Waals surface area contributed by atoms with Gasteiger partial charge in [0, 0.05) is 11.1 Å². The summed E-state index contributed by atoms with van der Waals surface area (Å²) in [5.74, 6) is -1.14. The normalized spacial score (nSPS) is 11.9. The quantitative estimate of drug-likeness (QED) is 0.425. The second kappa shape index (κ2) is 8.39. The molecule has 2 aromatic carbocycles. The van der Waals surface area contributed by atoms with Gasteiger partial charge in [0.05, 0.1) is 19.5 Å². The molecule has 0 N–H and O–H groups in total. The highest BCUT2D eigenvalue weighted by Gasteiger charge is 2.21. The molecule has 0 bridgehead atoms. The van der Waals surface area contributed by atoms with Crippen LogP contribution < -0.4 is 9.47 Å². The highest BCUT2D eigenvalue weighted by atomic mass is 32.2. The third kappa shape index (κ3) is 4.14. The van der Waals surface area contributed by atoms with Gasteiger partial charge in [-0.3, -0.25) is 4.79 Å². The smallest absolute Gasteiger partial charge is 0.277 e. The molecule has 6 nitrogen and oxygen atoms in total. The number of halogens is 2. The molecule has 0 aliphatic carbocycles. The standard InChI is InChI=1S/C19H16F2N2O4S/c1-10(17(24)11-4-6-13(20)14(21)8-11)28-19-23-22-18(27-19)12-5-7-15(25-2)16(9-12)26-3/h4-10H,1-3H3/t10-/m1/s1. The van der Waals surface area contributed by atoms with Gasteiger partial charge in [-0.05, 0) is 43.3 Å². The molecule has 1 atom stereocenters. The van der Waals surface area contributed by atoms with E-state index in [0.29, 0.717) is 17.1 Å². The van der Waals surface area contributed by atoms with Crippen molar-refractivity contribution in [2.24, 2.45) is 0 Å². The maximum atomic E-state index is 13.3. The third-order valence-corrected chi connectivity index (χ3v) is 4.82. The summed E-state index contributed by atoms with van der Waals surface area (Å²) < 4.78 is 42.4. The van der Waals surface area contributed by atoms with E-state index in [4.69, 9.17) is 13.9 Å². The summed E-state index contributed by atoms with van der Waals surface area (Å²) in [7, 11) is 3.05. The maximum Gasteiger partial charge on any atom is 0.277 e. The summed E-state index contributed by atoms with van der Waals surface area (Å²) in [6, 6.07) is 8.16. The third-order valence-electron chi connectivity index (χ3n) is 3.89. The summed E-state index contributed by atoms with van der Waals surface area (Å²) >= 11 is 1.03. The van der Waals surface area contributed by atoms with Gasteiger partial charge in [0.25, 0.3) is 5.22 Å². The number of carbonyl (C=O) groups is 1. The zero-order chi connectivity index (χ0) is 20.3. The van der Waals surface area contributed by atoms with Crippen molar-refractivity contribution in [1.82, 2.24) is 10.2 Å². The molecular formula is C19H16F2N2O4S. The van der Waals surface area contributed by atoms with Crippen molar-refractivity contribution in [3.05, 3.63) is 53.6 Å². The lowest BCUT2D eigenvalue weighted by Gasteiger charge is -2.08. The van der Waals surface area contributed by atoms with Crippen LogP contribution in [0, 0.1) is 11.6 Å². The highest BCUT2D eigenvalue weighted by molar-refractivity contribution is 8.00. The summed E-state index contributed by atoms with van der Waals surface area (Å²) in [4.78, 5) is 12.4. The molecule has 1 heterocycles. The van der Waals surface area contributed by atoms with Crippen molar-refractivity contribution in [3.63, 3.8) is 0 Å². The monoisotopic (exact) mass is 406 g/mol. The molecule has 3 aromatic rings. The summed E-state index contributed by atoms with van der Waals surface area (Å²) in [6.07, 6.45) is 0. The van der Waals surface area contributed by atoms with Gasteiger partial charge in [-0.25, -0.2) is 8.78 Å². The van der Waals surface area contributed by atoms with Gasteiger partial charge < -0.3 is 13.9 Å². The number of Topliss-reactive ketones (excluding diaryl/α,β-unsaturated/α-hetero) is 1. The van der Waals surface area contributed by atoms with Crippen molar-refractivity contribution < 1.29 is 27.5 Å². The Morgan fingerprint density at radius 3 is 2.46 bits per heavy atom. The van der Waals surface area contributed by atoms with E-state index in [0.717, 1.165) is 23.9 Å². The minimum atomic E-state index is -1.07. The van der Waals surface area contributed by atoms with Crippen LogP contribution in [0.25, 0.3) is 11.5 Å². The summed E-state index contributed by atoms with van der Waals surface area (Å²) in [5.41, 5.74) is 0.690. The Morgan fingerprint density at radius 1 is 1.04 bits per heavy atom. The molecule has 0 fully saturated rings. The molecule has 146 valence electrons. The van der Waals surface area contributed by atoms with Gasteiger partial charge in [0.1, 0.15) is 0 Å². The fourth-order valence-electron chi connectivity index (χ4n) is 2.43. The topological polar surface area (TPSA) is 74.5 Å². The summed E-state index contributed by atoms with van der Waals surface area (Å²) in [5, 5.41) is 7.44. The molecule has 0 aliphatic rings. The lowest BCUT2D eigenvalue weighted by atomic mass is 10.1. The molecule has 3 rings (SSSR count). The van der Waals surface area contributed by atoms with Crippen LogP contribution >= 0.6 is 11.8 Å². The van der Waals surface area contributed by atoms with Crippen molar-refractivity contribution in [3.8, 4) is 23.0 Å². The zero-order valence-electron chi connectivity index (χ0n) is 15.2. The van der Waals surface area contributed by atoms with Crippen LogP contribution in [0.15, 0.2) is 46.0 Å². The molecule has 0 aliphatic heterocycles. The number of ether oxygens (including phenoxy) is 2. The van der Waals surface area contributed by atoms with Crippen LogP contribution in [0.5, 0.6) is 11.5 Å². The average molecular weight is 406 g/mol. The van der Waals surface area contributed by atoms with Gasteiger partial charge in [-0.2, -0.15) is 0 Å². The first-order valence-electron chi connectivity index (χ1n) is 8.14. The zero-order valence-corrected chi connectivity index (χ0v) is 16.0. The molecule has 0 amide bonds. The lowest BCUT2D eigenvalue weighted by molar-refractivity contribution is 0.0993. The van der Waals surface area contributed by atoms with Gasteiger partial charge in [-0.1, -0.05) is 11.8 Å².